The number of rotatable bonds is 7. The lowest BCUT2D eigenvalue weighted by atomic mass is 9.88. The van der Waals surface area contributed by atoms with E-state index in [4.69, 9.17) is 5.73 Å². The van der Waals surface area contributed by atoms with Gasteiger partial charge in [-0.2, -0.15) is 13.2 Å². The Bertz CT molecular complexity index is 1580. The fourth-order valence-corrected chi connectivity index (χ4v) is 4.66. The molecule has 1 aliphatic rings. The lowest BCUT2D eigenvalue weighted by molar-refractivity contribution is -0.274. The molecule has 0 aliphatic carbocycles. The summed E-state index contributed by atoms with van der Waals surface area (Å²) in [6, 6.07) is 9.32. The van der Waals surface area contributed by atoms with Crippen molar-refractivity contribution in [3.63, 3.8) is 0 Å². The van der Waals surface area contributed by atoms with Crippen molar-refractivity contribution < 1.29 is 45.1 Å². The number of nitrogens with two attached hydrogens (primary N) is 1. The summed E-state index contributed by atoms with van der Waals surface area (Å²) in [6.07, 6.45) is -8.95. The van der Waals surface area contributed by atoms with Crippen molar-refractivity contribution in [2.75, 3.05) is 6.54 Å². The Morgan fingerprint density at radius 3 is 2.36 bits per heavy atom. The van der Waals surface area contributed by atoms with Crippen molar-refractivity contribution in [2.45, 2.75) is 38.7 Å². The van der Waals surface area contributed by atoms with Crippen LogP contribution in [0, 0.1) is 11.7 Å². The zero-order valence-electron chi connectivity index (χ0n) is 21.9. The largest absolute Gasteiger partial charge is 0.573 e. The molecule has 2 amide bonds. The van der Waals surface area contributed by atoms with Gasteiger partial charge < -0.3 is 15.8 Å². The zero-order valence-corrected chi connectivity index (χ0v) is 21.9. The molecule has 1 atom stereocenters. The highest BCUT2D eigenvalue weighted by atomic mass is 19.4. The molecule has 3 N–H and O–H groups in total. The third kappa shape index (κ3) is 7.22. The summed E-state index contributed by atoms with van der Waals surface area (Å²) in [6.45, 7) is 1.24. The summed E-state index contributed by atoms with van der Waals surface area (Å²) in [4.78, 5) is 32.8. The topological polar surface area (TPSA) is 107 Å². The molecule has 2 aromatic carbocycles. The molecule has 3 aromatic rings. The number of nitrogens with zero attached hydrogens (tertiary/aromatic N) is 2. The van der Waals surface area contributed by atoms with Gasteiger partial charge in [0.1, 0.15) is 17.3 Å². The Morgan fingerprint density at radius 2 is 1.74 bits per heavy atom. The monoisotopic (exact) mass is 596 g/mol. The normalized spacial score (nSPS) is 16.2. The number of aromatic nitrogens is 1. The first-order valence-electron chi connectivity index (χ1n) is 12.5. The number of aliphatic imine (C=N–C) groups is 1. The molecule has 4 rings (SSSR count). The van der Waals surface area contributed by atoms with Crippen LogP contribution in [0.5, 0.6) is 5.75 Å². The van der Waals surface area contributed by atoms with E-state index in [1.54, 1.807) is 0 Å². The summed E-state index contributed by atoms with van der Waals surface area (Å²) < 4.78 is 97.2. The van der Waals surface area contributed by atoms with Crippen LogP contribution in [0.3, 0.4) is 0 Å². The van der Waals surface area contributed by atoms with Gasteiger partial charge in [0, 0.05) is 18.0 Å². The lowest BCUT2D eigenvalue weighted by Gasteiger charge is -2.21. The average molecular weight is 597 g/mol. The van der Waals surface area contributed by atoms with Gasteiger partial charge in [-0.25, -0.2) is 9.37 Å². The van der Waals surface area contributed by atoms with Crippen molar-refractivity contribution in [1.82, 2.24) is 10.3 Å². The second-order valence-corrected chi connectivity index (χ2v) is 9.54. The van der Waals surface area contributed by atoms with Gasteiger partial charge >= 0.3 is 12.5 Å². The van der Waals surface area contributed by atoms with Crippen molar-refractivity contribution in [2.24, 2.45) is 16.6 Å². The molecule has 222 valence electrons. The molecule has 1 aromatic heterocycles. The van der Waals surface area contributed by atoms with Crippen molar-refractivity contribution in [3.8, 4) is 5.75 Å². The standard InChI is InChI=1S/C28H23F7N4O3/c1-14-16(5-2-15-3-7-18(8-4-15)42-28(33,34)35)10-11-37-24(27(30,31)32)23(14)39-26(41)20-13-22(25(36)40)38-21-12-17(29)6-9-19(20)21/h3-4,6-9,12-13,16H,2,5,10-11H2,1H3,(H2,36,40)(H,39,41)/t16-/m0/s1. The molecule has 7 nitrogen and oxygen atoms in total. The van der Waals surface area contributed by atoms with Crippen LogP contribution in [0.1, 0.15) is 46.2 Å². The summed E-state index contributed by atoms with van der Waals surface area (Å²) >= 11 is 0. The quantitative estimate of drug-likeness (QED) is 0.325. The Morgan fingerprint density at radius 1 is 1.05 bits per heavy atom. The Labute approximate surface area is 234 Å². The number of fused-ring (bicyclic) bond motifs is 1. The molecule has 0 spiro atoms. The van der Waals surface area contributed by atoms with Crippen LogP contribution in [-0.4, -0.2) is 41.6 Å². The van der Waals surface area contributed by atoms with Gasteiger partial charge in [0.2, 0.25) is 0 Å². The van der Waals surface area contributed by atoms with Gasteiger partial charge in [0.15, 0.2) is 5.71 Å². The molecule has 2 heterocycles. The number of ether oxygens (including phenoxy) is 1. The van der Waals surface area contributed by atoms with Gasteiger partial charge in [-0.15, -0.1) is 13.2 Å². The molecule has 14 heteroatoms. The number of pyridine rings is 1. The second kappa shape index (κ2) is 11.8. The van der Waals surface area contributed by atoms with Crippen molar-refractivity contribution >= 4 is 28.4 Å². The highest BCUT2D eigenvalue weighted by molar-refractivity contribution is 6.13. The first kappa shape index (κ1) is 30.5. The van der Waals surface area contributed by atoms with Gasteiger partial charge in [0.25, 0.3) is 11.8 Å². The summed E-state index contributed by atoms with van der Waals surface area (Å²) in [7, 11) is 0. The predicted octanol–water partition coefficient (Wildman–Crippen LogP) is 6.03. The molecule has 0 unspecified atom stereocenters. The van der Waals surface area contributed by atoms with E-state index in [2.05, 4.69) is 20.0 Å². The average Bonchev–Trinajstić information content (AvgIpc) is 3.05. The maximum atomic E-state index is 14.1. The minimum Gasteiger partial charge on any atom is -0.406 e. The SMILES string of the molecule is CC1=C(NC(=O)c2cc(C(N)=O)nc3cc(F)ccc23)C(C(F)(F)F)=NCC[C@@H]1CCc1ccc(OC(F)(F)F)cc1. The fourth-order valence-electron chi connectivity index (χ4n) is 4.66. The van der Waals surface area contributed by atoms with Gasteiger partial charge in [-0.1, -0.05) is 12.1 Å². The minimum absolute atomic E-state index is 0.0748. The summed E-state index contributed by atoms with van der Waals surface area (Å²) in [5.41, 5.74) is 3.52. The number of aryl methyl sites for hydroxylation is 1. The second-order valence-electron chi connectivity index (χ2n) is 9.54. The number of amides is 2. The first-order valence-corrected chi connectivity index (χ1v) is 12.5. The summed E-state index contributed by atoms with van der Waals surface area (Å²) in [5.74, 6) is -3.67. The van der Waals surface area contributed by atoms with Crippen molar-refractivity contribution in [3.05, 3.63) is 82.4 Å². The van der Waals surface area contributed by atoms with Crippen LogP contribution in [0.2, 0.25) is 0 Å². The number of carbonyl (C=O) groups is 2. The fraction of sp³-hybridized carbons (Fsp3) is 0.286. The Balaban J connectivity index is 1.65. The van der Waals surface area contributed by atoms with Crippen LogP contribution in [-0.2, 0) is 6.42 Å². The molecule has 1 aliphatic heterocycles. The first-order chi connectivity index (χ1) is 19.6. The third-order valence-electron chi connectivity index (χ3n) is 6.71. The minimum atomic E-state index is -4.92. The molecule has 0 fully saturated rings. The number of benzene rings is 2. The molecular weight excluding hydrogens is 573 g/mol. The third-order valence-corrected chi connectivity index (χ3v) is 6.71. The molecule has 0 bridgehead atoms. The number of alkyl halides is 6. The van der Waals surface area contributed by atoms with Gasteiger partial charge in [-0.05, 0) is 73.6 Å². The van der Waals surface area contributed by atoms with E-state index < -0.39 is 53.2 Å². The van der Waals surface area contributed by atoms with Gasteiger partial charge in [-0.3, -0.25) is 14.6 Å². The van der Waals surface area contributed by atoms with Gasteiger partial charge in [0.05, 0.1) is 16.8 Å². The van der Waals surface area contributed by atoms with Crippen LogP contribution in [0.15, 0.2) is 64.8 Å². The zero-order chi connectivity index (χ0) is 30.8. The number of hydrogen-bond donors (Lipinski definition) is 2. The van der Waals surface area contributed by atoms with E-state index in [1.807, 2.05) is 0 Å². The molecule has 0 radical (unpaired) electrons. The Kier molecular flexibility index (Phi) is 8.55. The van der Waals surface area contributed by atoms with Crippen LogP contribution in [0.4, 0.5) is 30.7 Å². The van der Waals surface area contributed by atoms with Crippen LogP contribution < -0.4 is 15.8 Å². The van der Waals surface area contributed by atoms with Crippen molar-refractivity contribution in [1.29, 1.82) is 0 Å². The molecular formula is C28H23F7N4O3. The molecule has 0 saturated carbocycles. The number of halogens is 7. The van der Waals surface area contributed by atoms with Crippen LogP contribution in [0.25, 0.3) is 10.9 Å². The lowest BCUT2D eigenvalue weighted by Crippen LogP contribution is -2.36. The van der Waals surface area contributed by atoms with Crippen LogP contribution >= 0.6 is 0 Å². The number of carbonyl (C=O) groups excluding carboxylic acids is 2. The van der Waals surface area contributed by atoms with E-state index in [-0.39, 0.29) is 40.7 Å². The highest BCUT2D eigenvalue weighted by Crippen LogP contribution is 2.33. The summed E-state index contributed by atoms with van der Waals surface area (Å²) in [5, 5.41) is 2.38. The molecule has 0 saturated heterocycles. The number of primary amides is 1. The molecule has 42 heavy (non-hydrogen) atoms. The smallest absolute Gasteiger partial charge is 0.406 e. The predicted molar refractivity (Wildman–Crippen MR) is 138 cm³/mol. The maximum absolute atomic E-state index is 14.1. The van der Waals surface area contributed by atoms with E-state index in [0.29, 0.717) is 18.4 Å². The highest BCUT2D eigenvalue weighted by Gasteiger charge is 2.41. The van der Waals surface area contributed by atoms with E-state index >= 15 is 0 Å². The number of allylic oxidation sites excluding steroid dienone is 2. The maximum Gasteiger partial charge on any atom is 0.573 e. The Hall–Kier alpha value is -4.49. The van der Waals surface area contributed by atoms with E-state index in [1.165, 1.54) is 25.1 Å². The number of hydrogen-bond acceptors (Lipinski definition) is 5. The van der Waals surface area contributed by atoms with E-state index in [9.17, 15) is 40.3 Å². The number of nitrogens with one attached hydrogen (secondary N) is 1. The van der Waals surface area contributed by atoms with E-state index in [0.717, 1.165) is 30.3 Å².